The van der Waals surface area contributed by atoms with E-state index in [-0.39, 0.29) is 24.0 Å². The lowest BCUT2D eigenvalue weighted by molar-refractivity contribution is 0.198. The minimum Gasteiger partial charge on any atom is -0.354 e. The lowest BCUT2D eigenvalue weighted by Gasteiger charge is -2.33. The summed E-state index contributed by atoms with van der Waals surface area (Å²) in [6.07, 6.45) is 5.24. The Labute approximate surface area is 194 Å². The van der Waals surface area contributed by atoms with Crippen molar-refractivity contribution in [3.8, 4) is 0 Å². The third-order valence-electron chi connectivity index (χ3n) is 4.83. The van der Waals surface area contributed by atoms with Crippen molar-refractivity contribution in [1.82, 2.24) is 20.5 Å². The van der Waals surface area contributed by atoms with Crippen molar-refractivity contribution >= 4 is 52.9 Å². The number of rotatable bonds is 6. The molecule has 0 spiro atoms. The van der Waals surface area contributed by atoms with Crippen molar-refractivity contribution in [2.24, 2.45) is 4.99 Å². The van der Waals surface area contributed by atoms with Gasteiger partial charge in [-0.05, 0) is 37.0 Å². The van der Waals surface area contributed by atoms with Crippen molar-refractivity contribution in [2.75, 3.05) is 20.1 Å². The van der Waals surface area contributed by atoms with Crippen LogP contribution in [0.4, 0.5) is 0 Å². The quantitative estimate of drug-likeness (QED) is 0.330. The maximum absolute atomic E-state index is 5.97. The first kappa shape index (κ1) is 23.4. The third-order valence-corrected chi connectivity index (χ3v) is 6.22. The molecule has 1 aromatic heterocycles. The van der Waals surface area contributed by atoms with Gasteiger partial charge in [-0.25, -0.2) is 4.98 Å². The highest BCUT2D eigenvalue weighted by molar-refractivity contribution is 14.0. The molecule has 1 aromatic carbocycles. The Morgan fingerprint density at radius 1 is 1.29 bits per heavy atom. The topological polar surface area (TPSA) is 52.6 Å². The second-order valence-electron chi connectivity index (χ2n) is 6.82. The molecule has 3 rings (SSSR count). The zero-order valence-electron chi connectivity index (χ0n) is 16.4. The third kappa shape index (κ3) is 7.17. The highest BCUT2D eigenvalue weighted by Gasteiger charge is 2.20. The summed E-state index contributed by atoms with van der Waals surface area (Å²) < 4.78 is 0. The number of nitrogens with one attached hydrogen (secondary N) is 2. The standard InChI is InChI=1S/C20H28ClN5S.HI/c1-3-18-12-23-19(27-18)13-24-20(22-2)25-17-8-10-26(11-9-17)14-15-4-6-16(21)7-5-15;/h4-7,12,17H,3,8-11,13-14H2,1-2H3,(H2,22,24,25);1H. The number of likely N-dealkylation sites (tertiary alicyclic amines) is 1. The maximum Gasteiger partial charge on any atom is 0.191 e. The summed E-state index contributed by atoms with van der Waals surface area (Å²) in [7, 11) is 1.82. The molecule has 154 valence electrons. The van der Waals surface area contributed by atoms with Crippen LogP contribution in [0.15, 0.2) is 35.5 Å². The minimum absolute atomic E-state index is 0. The fourth-order valence-electron chi connectivity index (χ4n) is 3.22. The number of aryl methyl sites for hydroxylation is 1. The smallest absolute Gasteiger partial charge is 0.191 e. The van der Waals surface area contributed by atoms with Gasteiger partial charge in [0.25, 0.3) is 0 Å². The predicted molar refractivity (Wildman–Crippen MR) is 130 cm³/mol. The molecule has 28 heavy (non-hydrogen) atoms. The van der Waals surface area contributed by atoms with Gasteiger partial charge in [-0.15, -0.1) is 35.3 Å². The molecule has 5 nitrogen and oxygen atoms in total. The number of hydrogen-bond acceptors (Lipinski definition) is 4. The molecular formula is C20H29ClIN5S. The Bertz CT molecular complexity index is 741. The monoisotopic (exact) mass is 533 g/mol. The second-order valence-corrected chi connectivity index (χ2v) is 8.46. The predicted octanol–water partition coefficient (Wildman–Crippen LogP) is 4.31. The molecule has 0 atom stereocenters. The molecule has 0 radical (unpaired) electrons. The SMILES string of the molecule is CCc1cnc(CNC(=NC)NC2CCN(Cc3ccc(Cl)cc3)CC2)s1.I. The molecule has 2 aromatic rings. The van der Waals surface area contributed by atoms with Crippen LogP contribution < -0.4 is 10.6 Å². The number of nitrogens with zero attached hydrogens (tertiary/aromatic N) is 3. The van der Waals surface area contributed by atoms with E-state index < -0.39 is 0 Å². The van der Waals surface area contributed by atoms with Gasteiger partial charge >= 0.3 is 0 Å². The van der Waals surface area contributed by atoms with E-state index in [0.717, 1.165) is 61.4 Å². The molecule has 1 aliphatic heterocycles. The van der Waals surface area contributed by atoms with Crippen LogP contribution in [0.1, 0.15) is 35.2 Å². The minimum atomic E-state index is 0. The first-order valence-corrected chi connectivity index (χ1v) is 10.7. The molecule has 2 N–H and O–H groups in total. The van der Waals surface area contributed by atoms with E-state index in [1.54, 1.807) is 11.3 Å². The van der Waals surface area contributed by atoms with Gasteiger partial charge in [0.05, 0.1) is 6.54 Å². The summed E-state index contributed by atoms with van der Waals surface area (Å²) in [6, 6.07) is 8.61. The summed E-state index contributed by atoms with van der Waals surface area (Å²) in [5, 5.41) is 8.85. The fraction of sp³-hybridized carbons (Fsp3) is 0.500. The highest BCUT2D eigenvalue weighted by Crippen LogP contribution is 2.16. The van der Waals surface area contributed by atoms with Crippen LogP contribution in [-0.2, 0) is 19.5 Å². The van der Waals surface area contributed by atoms with Gasteiger partial charge in [-0.3, -0.25) is 9.89 Å². The summed E-state index contributed by atoms with van der Waals surface area (Å²) in [5.41, 5.74) is 1.32. The Kier molecular flexibility index (Phi) is 9.98. The number of guanidine groups is 1. The molecule has 0 aliphatic carbocycles. The molecule has 2 heterocycles. The molecule has 0 saturated carbocycles. The number of benzene rings is 1. The largest absolute Gasteiger partial charge is 0.354 e. The van der Waals surface area contributed by atoms with E-state index in [0.29, 0.717) is 6.04 Å². The molecule has 1 fully saturated rings. The first-order valence-electron chi connectivity index (χ1n) is 9.54. The Hall–Kier alpha value is -0.900. The highest BCUT2D eigenvalue weighted by atomic mass is 127. The van der Waals surface area contributed by atoms with Crippen molar-refractivity contribution < 1.29 is 0 Å². The van der Waals surface area contributed by atoms with Gasteiger partial charge in [0.2, 0.25) is 0 Å². The van der Waals surface area contributed by atoms with Crippen LogP contribution in [0.5, 0.6) is 0 Å². The van der Waals surface area contributed by atoms with Crippen LogP contribution in [0.25, 0.3) is 0 Å². The molecule has 1 saturated heterocycles. The molecule has 8 heteroatoms. The number of aliphatic imine (C=N–C) groups is 1. The van der Waals surface area contributed by atoms with Crippen LogP contribution in [0.3, 0.4) is 0 Å². The number of hydrogen-bond donors (Lipinski definition) is 2. The van der Waals surface area contributed by atoms with Crippen molar-refractivity contribution in [2.45, 2.75) is 45.3 Å². The number of piperidine rings is 1. The summed E-state index contributed by atoms with van der Waals surface area (Å²) in [5.74, 6) is 0.861. The van der Waals surface area contributed by atoms with E-state index in [1.807, 2.05) is 25.4 Å². The maximum atomic E-state index is 5.97. The van der Waals surface area contributed by atoms with Gasteiger partial charge in [0, 0.05) is 48.8 Å². The normalized spacial score (nSPS) is 15.9. The number of aromatic nitrogens is 1. The average Bonchev–Trinajstić information content (AvgIpc) is 3.16. The van der Waals surface area contributed by atoms with Crippen molar-refractivity contribution in [3.05, 3.63) is 50.9 Å². The van der Waals surface area contributed by atoms with Crippen molar-refractivity contribution in [1.29, 1.82) is 0 Å². The van der Waals surface area contributed by atoms with Gasteiger partial charge < -0.3 is 10.6 Å². The lowest BCUT2D eigenvalue weighted by Crippen LogP contribution is -2.48. The van der Waals surface area contributed by atoms with E-state index in [1.165, 1.54) is 10.4 Å². The van der Waals surface area contributed by atoms with Gasteiger partial charge in [-0.1, -0.05) is 30.7 Å². The zero-order valence-corrected chi connectivity index (χ0v) is 20.4. The molecule has 0 amide bonds. The molecule has 1 aliphatic rings. The van der Waals surface area contributed by atoms with Crippen LogP contribution in [0.2, 0.25) is 5.02 Å². The van der Waals surface area contributed by atoms with Gasteiger partial charge in [0.1, 0.15) is 5.01 Å². The Morgan fingerprint density at radius 3 is 2.61 bits per heavy atom. The Balaban J connectivity index is 0.00000280. The van der Waals surface area contributed by atoms with Crippen LogP contribution >= 0.6 is 46.9 Å². The lowest BCUT2D eigenvalue weighted by atomic mass is 10.0. The van der Waals surface area contributed by atoms with Gasteiger partial charge in [-0.2, -0.15) is 0 Å². The summed E-state index contributed by atoms with van der Waals surface area (Å²) in [4.78, 5) is 12.6. The molecular weight excluding hydrogens is 505 g/mol. The number of thiazole rings is 1. The van der Waals surface area contributed by atoms with E-state index >= 15 is 0 Å². The average molecular weight is 534 g/mol. The van der Waals surface area contributed by atoms with Crippen LogP contribution in [-0.4, -0.2) is 42.0 Å². The van der Waals surface area contributed by atoms with Crippen LogP contribution in [0, 0.1) is 0 Å². The molecule has 0 bridgehead atoms. The summed E-state index contributed by atoms with van der Waals surface area (Å²) in [6.45, 7) is 6.04. The van der Waals surface area contributed by atoms with E-state index in [9.17, 15) is 0 Å². The molecule has 0 unspecified atom stereocenters. The zero-order chi connectivity index (χ0) is 19.1. The second kappa shape index (κ2) is 11.9. The van der Waals surface area contributed by atoms with Crippen molar-refractivity contribution in [3.63, 3.8) is 0 Å². The fourth-order valence-corrected chi connectivity index (χ4v) is 4.15. The number of halogens is 2. The Morgan fingerprint density at radius 2 is 2.00 bits per heavy atom. The van der Waals surface area contributed by atoms with E-state index in [4.69, 9.17) is 11.6 Å². The first-order chi connectivity index (χ1) is 13.2. The van der Waals surface area contributed by atoms with Gasteiger partial charge in [0.15, 0.2) is 5.96 Å². The van der Waals surface area contributed by atoms with E-state index in [2.05, 4.69) is 44.6 Å². The summed E-state index contributed by atoms with van der Waals surface area (Å²) >= 11 is 7.73.